The van der Waals surface area contributed by atoms with Gasteiger partial charge in [-0.2, -0.15) is 5.26 Å². The van der Waals surface area contributed by atoms with Crippen LogP contribution in [0.2, 0.25) is 0 Å². The molecule has 0 unspecified atom stereocenters. The lowest BCUT2D eigenvalue weighted by molar-refractivity contribution is 0.915. The summed E-state index contributed by atoms with van der Waals surface area (Å²) in [6.07, 6.45) is 0. The monoisotopic (exact) mass is 378 g/mol. The summed E-state index contributed by atoms with van der Waals surface area (Å²) < 4.78 is 2.03. The van der Waals surface area contributed by atoms with Gasteiger partial charge in [-0.3, -0.25) is 0 Å². The van der Waals surface area contributed by atoms with Crippen LogP contribution in [-0.2, 0) is 6.54 Å². The molecule has 0 heterocycles. The Kier molecular flexibility index (Phi) is 4.62. The van der Waals surface area contributed by atoms with E-state index in [9.17, 15) is 0 Å². The number of nitriles is 1. The molecule has 96 valence electrons. The first kappa shape index (κ1) is 14.1. The normalized spacial score (nSPS) is 10.0. The average molecular weight is 380 g/mol. The highest BCUT2D eigenvalue weighted by Gasteiger charge is 2.08. The van der Waals surface area contributed by atoms with Gasteiger partial charge in [-0.05, 0) is 45.8 Å². The minimum absolute atomic E-state index is 0.657. The first-order valence-electron chi connectivity index (χ1n) is 5.76. The molecule has 2 nitrogen and oxygen atoms in total. The molecule has 0 saturated carbocycles. The summed E-state index contributed by atoms with van der Waals surface area (Å²) in [5.74, 6) is 0. The Balaban J connectivity index is 2.24. The molecule has 0 aromatic heterocycles. The molecule has 0 N–H and O–H groups in total. The van der Waals surface area contributed by atoms with E-state index in [0.717, 1.165) is 21.2 Å². The lowest BCUT2D eigenvalue weighted by Crippen LogP contribution is -2.17. The molecule has 0 aliphatic rings. The van der Waals surface area contributed by atoms with Gasteiger partial charge in [-0.1, -0.05) is 34.1 Å². The molecule has 0 saturated heterocycles. The molecule has 0 aliphatic carbocycles. The number of anilines is 1. The topological polar surface area (TPSA) is 27.0 Å². The zero-order chi connectivity index (χ0) is 13.8. The molecule has 2 aromatic rings. The van der Waals surface area contributed by atoms with Gasteiger partial charge in [0.25, 0.3) is 0 Å². The van der Waals surface area contributed by atoms with Gasteiger partial charge in [0.2, 0.25) is 0 Å². The molecule has 0 spiro atoms. The zero-order valence-electron chi connectivity index (χ0n) is 10.4. The van der Waals surface area contributed by atoms with Gasteiger partial charge >= 0.3 is 0 Å². The Morgan fingerprint density at radius 1 is 1.11 bits per heavy atom. The minimum Gasteiger partial charge on any atom is -0.369 e. The first-order valence-corrected chi connectivity index (χ1v) is 7.34. The van der Waals surface area contributed by atoms with Crippen LogP contribution in [0.5, 0.6) is 0 Å². The van der Waals surface area contributed by atoms with Gasteiger partial charge in [0.05, 0.1) is 17.3 Å². The predicted molar refractivity (Wildman–Crippen MR) is 85.1 cm³/mol. The van der Waals surface area contributed by atoms with Crippen LogP contribution in [0.15, 0.2) is 51.4 Å². The largest absolute Gasteiger partial charge is 0.369 e. The number of hydrogen-bond donors (Lipinski definition) is 0. The highest BCUT2D eigenvalue weighted by Crippen LogP contribution is 2.28. The van der Waals surface area contributed by atoms with Gasteiger partial charge in [0, 0.05) is 22.5 Å². The predicted octanol–water partition coefficient (Wildman–Crippen LogP) is 4.72. The van der Waals surface area contributed by atoms with Crippen LogP contribution in [0.4, 0.5) is 5.69 Å². The Morgan fingerprint density at radius 2 is 1.84 bits per heavy atom. The van der Waals surface area contributed by atoms with E-state index < -0.39 is 0 Å². The van der Waals surface area contributed by atoms with Crippen molar-refractivity contribution in [3.05, 3.63) is 62.5 Å². The van der Waals surface area contributed by atoms with Crippen molar-refractivity contribution in [3.63, 3.8) is 0 Å². The maximum absolute atomic E-state index is 8.87. The number of nitrogens with zero attached hydrogens (tertiary/aromatic N) is 2. The van der Waals surface area contributed by atoms with Crippen molar-refractivity contribution >= 4 is 37.5 Å². The molecule has 0 fully saturated rings. The second-order valence-corrected chi connectivity index (χ2v) is 5.93. The average Bonchev–Trinajstić information content (AvgIpc) is 2.41. The summed E-state index contributed by atoms with van der Waals surface area (Å²) in [7, 11) is 2.03. The molecular weight excluding hydrogens is 368 g/mol. The third-order valence-corrected chi connectivity index (χ3v) is 4.26. The van der Waals surface area contributed by atoms with Gasteiger partial charge in [-0.25, -0.2) is 0 Å². The van der Waals surface area contributed by atoms with E-state index in [2.05, 4.69) is 48.9 Å². The van der Waals surface area contributed by atoms with Crippen molar-refractivity contribution in [3.8, 4) is 6.07 Å². The van der Waals surface area contributed by atoms with Gasteiger partial charge in [0.15, 0.2) is 0 Å². The molecule has 0 atom stereocenters. The van der Waals surface area contributed by atoms with E-state index in [-0.39, 0.29) is 0 Å². The fourth-order valence-corrected chi connectivity index (χ4v) is 2.94. The minimum atomic E-state index is 0.657. The van der Waals surface area contributed by atoms with Crippen LogP contribution in [0.1, 0.15) is 11.1 Å². The highest BCUT2D eigenvalue weighted by molar-refractivity contribution is 9.11. The highest BCUT2D eigenvalue weighted by atomic mass is 79.9. The SMILES string of the molecule is CN(Cc1ccccc1Br)c1ccc(C#N)cc1Br. The fraction of sp³-hybridized carbons (Fsp3) is 0.133. The lowest BCUT2D eigenvalue weighted by Gasteiger charge is -2.21. The maximum atomic E-state index is 8.87. The smallest absolute Gasteiger partial charge is 0.0992 e. The summed E-state index contributed by atoms with van der Waals surface area (Å²) in [6, 6.07) is 15.9. The summed E-state index contributed by atoms with van der Waals surface area (Å²) in [4.78, 5) is 2.14. The molecule has 0 radical (unpaired) electrons. The molecule has 0 bridgehead atoms. The first-order chi connectivity index (χ1) is 9.11. The van der Waals surface area contributed by atoms with Crippen molar-refractivity contribution in [2.45, 2.75) is 6.54 Å². The van der Waals surface area contributed by atoms with E-state index in [1.54, 1.807) is 0 Å². The van der Waals surface area contributed by atoms with Crippen LogP contribution in [0.3, 0.4) is 0 Å². The van der Waals surface area contributed by atoms with Crippen LogP contribution < -0.4 is 4.90 Å². The molecule has 0 aliphatic heterocycles. The van der Waals surface area contributed by atoms with E-state index in [4.69, 9.17) is 5.26 Å². The molecular formula is C15H12Br2N2. The molecule has 2 aromatic carbocycles. The van der Waals surface area contributed by atoms with Crippen molar-refractivity contribution in [1.82, 2.24) is 0 Å². The number of rotatable bonds is 3. The fourth-order valence-electron chi connectivity index (χ4n) is 1.85. The van der Waals surface area contributed by atoms with Crippen LogP contribution in [0.25, 0.3) is 0 Å². The zero-order valence-corrected chi connectivity index (χ0v) is 13.6. The van der Waals surface area contributed by atoms with Crippen LogP contribution in [-0.4, -0.2) is 7.05 Å². The molecule has 19 heavy (non-hydrogen) atoms. The van der Waals surface area contributed by atoms with E-state index in [1.807, 2.05) is 43.4 Å². The van der Waals surface area contributed by atoms with Crippen molar-refractivity contribution in [2.24, 2.45) is 0 Å². The molecule has 4 heteroatoms. The Labute approximate surface area is 129 Å². The molecule has 0 amide bonds. The Morgan fingerprint density at radius 3 is 2.47 bits per heavy atom. The van der Waals surface area contributed by atoms with Crippen molar-refractivity contribution < 1.29 is 0 Å². The maximum Gasteiger partial charge on any atom is 0.0992 e. The number of halogens is 2. The van der Waals surface area contributed by atoms with Crippen molar-refractivity contribution in [1.29, 1.82) is 5.26 Å². The lowest BCUT2D eigenvalue weighted by atomic mass is 10.2. The molecule has 2 rings (SSSR count). The van der Waals surface area contributed by atoms with Crippen LogP contribution in [0, 0.1) is 11.3 Å². The second kappa shape index (κ2) is 6.23. The summed E-state index contributed by atoms with van der Waals surface area (Å²) in [6.45, 7) is 0.798. The Hall–Kier alpha value is -1.31. The summed E-state index contributed by atoms with van der Waals surface area (Å²) in [5, 5.41) is 8.87. The van der Waals surface area contributed by atoms with E-state index in [1.165, 1.54) is 5.56 Å². The van der Waals surface area contributed by atoms with Gasteiger partial charge in [-0.15, -0.1) is 0 Å². The standard InChI is InChI=1S/C15H12Br2N2/c1-19(10-12-4-2-3-5-13(12)16)15-7-6-11(9-18)8-14(15)17/h2-8H,10H2,1H3. The van der Waals surface area contributed by atoms with E-state index in [0.29, 0.717) is 5.56 Å². The summed E-state index contributed by atoms with van der Waals surface area (Å²) >= 11 is 7.07. The van der Waals surface area contributed by atoms with E-state index >= 15 is 0 Å². The van der Waals surface area contributed by atoms with Crippen molar-refractivity contribution in [2.75, 3.05) is 11.9 Å². The quantitative estimate of drug-likeness (QED) is 0.771. The third kappa shape index (κ3) is 3.37. The van der Waals surface area contributed by atoms with Gasteiger partial charge < -0.3 is 4.90 Å². The Bertz CT molecular complexity index is 632. The number of hydrogen-bond acceptors (Lipinski definition) is 2. The third-order valence-electron chi connectivity index (χ3n) is 2.85. The number of benzene rings is 2. The summed E-state index contributed by atoms with van der Waals surface area (Å²) in [5.41, 5.74) is 2.95. The van der Waals surface area contributed by atoms with Gasteiger partial charge in [0.1, 0.15) is 0 Å². The van der Waals surface area contributed by atoms with Crippen LogP contribution >= 0.6 is 31.9 Å². The second-order valence-electron chi connectivity index (χ2n) is 4.23.